The molecule has 6 heteroatoms. The summed E-state index contributed by atoms with van der Waals surface area (Å²) in [4.78, 5) is 0. The molecule has 0 bridgehead atoms. The van der Waals surface area contributed by atoms with Crippen molar-refractivity contribution in [3.63, 3.8) is 0 Å². The van der Waals surface area contributed by atoms with Gasteiger partial charge in [-0.05, 0) is 6.07 Å². The maximum atomic E-state index is 6.00. The molecule has 0 saturated carbocycles. The number of hydrogen-bond acceptors (Lipinski definition) is 2. The molecule has 13 heavy (non-hydrogen) atoms. The molecule has 0 saturated heterocycles. The summed E-state index contributed by atoms with van der Waals surface area (Å²) in [6.45, 7) is 5.32. The monoisotopic (exact) mass is 240 g/mol. The van der Waals surface area contributed by atoms with Crippen molar-refractivity contribution in [2.75, 3.05) is 0 Å². The average Bonchev–Trinajstić information content (AvgIpc) is 2.67. The van der Waals surface area contributed by atoms with Gasteiger partial charge in [0.1, 0.15) is 0 Å². The molecule has 1 aromatic heterocycles. The van der Waals surface area contributed by atoms with Crippen molar-refractivity contribution in [1.29, 1.82) is 0 Å². The minimum Gasteiger partial charge on any atom is -0.529 e. The normalized spacial score (nSPS) is 11.6. The summed E-state index contributed by atoms with van der Waals surface area (Å²) >= 11 is 0. The van der Waals surface area contributed by atoms with Gasteiger partial charge >= 0.3 is 0 Å². The molecular weight excluding hydrogens is 228 g/mol. The Balaban J connectivity index is 2.67. The second-order valence-electron chi connectivity index (χ2n) is 2.47. The maximum absolute atomic E-state index is 6.00. The van der Waals surface area contributed by atoms with Gasteiger partial charge in [0, 0.05) is 6.07 Å². The molecule has 68 valence electrons. The highest BCUT2D eigenvalue weighted by atomic mass is 29.9. The van der Waals surface area contributed by atoms with Gasteiger partial charge in [-0.15, -0.1) is 0 Å². The van der Waals surface area contributed by atoms with Gasteiger partial charge in [0.15, 0.2) is 6.87 Å². The molecule has 6 radical (unpaired) electrons. The fraction of sp³-hybridized carbons (Fsp3) is 0.429. The van der Waals surface area contributed by atoms with Crippen LogP contribution in [0.2, 0.25) is 19.6 Å². The molecule has 0 aliphatic carbocycles. The molecular formula is C7H12O2Si4. The lowest BCUT2D eigenvalue weighted by Crippen LogP contribution is -2.58. The van der Waals surface area contributed by atoms with Crippen molar-refractivity contribution >= 4 is 34.0 Å². The van der Waals surface area contributed by atoms with E-state index in [1.165, 1.54) is 0 Å². The van der Waals surface area contributed by atoms with Crippen LogP contribution in [0.1, 0.15) is 0 Å². The first-order valence-corrected chi connectivity index (χ1v) is 13.5. The third kappa shape index (κ3) is 2.69. The Morgan fingerprint density at radius 1 is 1.23 bits per heavy atom. The fourth-order valence-electron chi connectivity index (χ4n) is 1.00. The van der Waals surface area contributed by atoms with Crippen LogP contribution in [0.3, 0.4) is 0 Å². The first-order chi connectivity index (χ1) is 6.26. The molecule has 0 unspecified atom stereocenters. The van der Waals surface area contributed by atoms with E-state index in [9.17, 15) is 0 Å². The minimum atomic E-state index is -1.43. The van der Waals surface area contributed by atoms with Gasteiger partial charge in [-0.2, -0.15) is 0 Å². The summed E-state index contributed by atoms with van der Waals surface area (Å²) in [6, 6.07) is 3.78. The predicted octanol–water partition coefficient (Wildman–Crippen LogP) is 1.35. The van der Waals surface area contributed by atoms with E-state index < -0.39 is 6.87 Å². The number of furan rings is 1. The Labute approximate surface area is 87.0 Å². The molecule has 1 rings (SSSR count). The van der Waals surface area contributed by atoms with E-state index in [0.717, 1.165) is 27.1 Å². The molecule has 1 aromatic rings. The van der Waals surface area contributed by atoms with Crippen molar-refractivity contribution in [3.05, 3.63) is 18.4 Å². The summed E-state index contributed by atoms with van der Waals surface area (Å²) in [5, 5.41) is 0. The first-order valence-electron chi connectivity index (χ1n) is 4.05. The average molecular weight is 241 g/mol. The topological polar surface area (TPSA) is 22.4 Å². The van der Waals surface area contributed by atoms with Crippen LogP contribution in [0.5, 0.6) is 5.95 Å². The molecule has 0 spiro atoms. The Hall–Kier alpha value is -0.0525. The lowest BCUT2D eigenvalue weighted by molar-refractivity contribution is 0.400. The van der Waals surface area contributed by atoms with Crippen LogP contribution in [0.15, 0.2) is 22.8 Å². The lowest BCUT2D eigenvalue weighted by atomic mass is 10.7. The summed E-state index contributed by atoms with van der Waals surface area (Å²) in [5.74, 6) is 0.713. The van der Waals surface area contributed by atoms with Crippen LogP contribution >= 0.6 is 0 Å². The second kappa shape index (κ2) is 4.99. The molecule has 0 N–H and O–H groups in total. The Bertz CT molecular complexity index is 224. The lowest BCUT2D eigenvalue weighted by Gasteiger charge is -2.26. The molecule has 0 atom stereocenters. The SMILES string of the molecule is C[Si][Si](Oc1ccco1)([Si]C)[Si]C. The molecule has 0 aliphatic rings. The maximum Gasteiger partial charge on any atom is 0.269 e. The molecule has 0 aliphatic heterocycles. The minimum absolute atomic E-state index is 0.713. The highest BCUT2D eigenvalue weighted by Crippen LogP contribution is 2.14. The zero-order valence-corrected chi connectivity index (χ0v) is 12.0. The van der Waals surface area contributed by atoms with E-state index in [0.29, 0.717) is 5.95 Å². The molecule has 2 nitrogen and oxygen atoms in total. The van der Waals surface area contributed by atoms with Crippen molar-refractivity contribution in [2.24, 2.45) is 0 Å². The third-order valence-electron chi connectivity index (χ3n) is 1.80. The van der Waals surface area contributed by atoms with Crippen molar-refractivity contribution in [3.8, 4) is 5.95 Å². The summed E-state index contributed by atoms with van der Waals surface area (Å²) in [5.41, 5.74) is 0. The van der Waals surface area contributed by atoms with E-state index in [1.54, 1.807) is 6.26 Å². The van der Waals surface area contributed by atoms with E-state index in [-0.39, 0.29) is 0 Å². The first kappa shape index (κ1) is 11.0. The predicted molar refractivity (Wildman–Crippen MR) is 59.9 cm³/mol. The van der Waals surface area contributed by atoms with Crippen molar-refractivity contribution in [2.45, 2.75) is 19.6 Å². The van der Waals surface area contributed by atoms with Gasteiger partial charge in [-0.1, -0.05) is 19.6 Å². The zero-order valence-electron chi connectivity index (χ0n) is 8.05. The van der Waals surface area contributed by atoms with Crippen LogP contribution in [0.25, 0.3) is 0 Å². The van der Waals surface area contributed by atoms with Gasteiger partial charge in [-0.3, -0.25) is 0 Å². The van der Waals surface area contributed by atoms with Crippen LogP contribution in [0, 0.1) is 0 Å². The van der Waals surface area contributed by atoms with Gasteiger partial charge in [-0.25, -0.2) is 0 Å². The Kier molecular flexibility index (Phi) is 4.23. The van der Waals surface area contributed by atoms with Gasteiger partial charge in [0.2, 0.25) is 0 Å². The third-order valence-corrected chi connectivity index (χ3v) is 25.2. The molecule has 1 heterocycles. The summed E-state index contributed by atoms with van der Waals surface area (Å²) in [6.07, 6.45) is 1.67. The van der Waals surface area contributed by atoms with E-state index in [1.807, 2.05) is 12.1 Å². The van der Waals surface area contributed by atoms with Crippen LogP contribution in [-0.4, -0.2) is 34.0 Å². The highest BCUT2D eigenvalue weighted by molar-refractivity contribution is 7.67. The largest absolute Gasteiger partial charge is 0.529 e. The smallest absolute Gasteiger partial charge is 0.269 e. The van der Waals surface area contributed by atoms with Gasteiger partial charge in [0.05, 0.1) is 33.4 Å². The number of rotatable bonds is 5. The summed E-state index contributed by atoms with van der Waals surface area (Å²) in [7, 11) is 2.82. The zero-order chi connectivity index (χ0) is 9.73. The second-order valence-corrected chi connectivity index (χ2v) is 20.9. The quantitative estimate of drug-likeness (QED) is 0.725. The van der Waals surface area contributed by atoms with Crippen LogP contribution in [0.4, 0.5) is 0 Å². The molecule has 0 fully saturated rings. The number of hydrogen-bond donors (Lipinski definition) is 0. The van der Waals surface area contributed by atoms with Gasteiger partial charge in [0.25, 0.3) is 5.95 Å². The van der Waals surface area contributed by atoms with Crippen LogP contribution in [-0.2, 0) is 0 Å². The van der Waals surface area contributed by atoms with E-state index in [2.05, 4.69) is 19.6 Å². The molecule has 0 aromatic carbocycles. The van der Waals surface area contributed by atoms with Crippen molar-refractivity contribution in [1.82, 2.24) is 0 Å². The van der Waals surface area contributed by atoms with Gasteiger partial charge < -0.3 is 8.84 Å². The Morgan fingerprint density at radius 2 is 1.85 bits per heavy atom. The standard InChI is InChI=1S/C7H12O2Si4/c1-10-13(11-2,12-3)9-7-5-4-6-8-7/h4-6H,1-3H3. The molecule has 0 amide bonds. The Morgan fingerprint density at radius 3 is 2.23 bits per heavy atom. The van der Waals surface area contributed by atoms with E-state index in [4.69, 9.17) is 8.84 Å². The fourth-order valence-corrected chi connectivity index (χ4v) is 13.3. The van der Waals surface area contributed by atoms with E-state index >= 15 is 0 Å². The highest BCUT2D eigenvalue weighted by Gasteiger charge is 2.32. The summed E-state index contributed by atoms with van der Waals surface area (Å²) < 4.78 is 11.2. The van der Waals surface area contributed by atoms with Crippen LogP contribution < -0.4 is 4.43 Å². The van der Waals surface area contributed by atoms with Crippen molar-refractivity contribution < 1.29 is 8.84 Å².